The van der Waals surface area contributed by atoms with Crippen LogP contribution in [0.1, 0.15) is 5.56 Å². The van der Waals surface area contributed by atoms with Gasteiger partial charge in [0.15, 0.2) is 11.5 Å². The van der Waals surface area contributed by atoms with Crippen molar-refractivity contribution in [3.05, 3.63) is 53.8 Å². The maximum absolute atomic E-state index is 13.1. The van der Waals surface area contributed by atoms with Crippen LogP contribution in [0.3, 0.4) is 0 Å². The molecule has 2 N–H and O–H groups in total. The van der Waals surface area contributed by atoms with Crippen LogP contribution in [-0.4, -0.2) is 57.3 Å². The number of aliphatic hydroxyl groups excluding tert-OH is 1. The molecule has 0 bridgehead atoms. The number of hydrogen-bond acceptors (Lipinski definition) is 5. The fraction of sp³-hybridized carbons (Fsp3) is 0.429. The summed E-state index contributed by atoms with van der Waals surface area (Å²) in [5.41, 5.74) is 2.05. The van der Waals surface area contributed by atoms with E-state index in [1.54, 1.807) is 0 Å². The van der Waals surface area contributed by atoms with E-state index in [4.69, 9.17) is 14.2 Å². The molecular weight excluding hydrogens is 363 g/mol. The van der Waals surface area contributed by atoms with Crippen LogP contribution in [0.15, 0.2) is 42.5 Å². The van der Waals surface area contributed by atoms with Gasteiger partial charge >= 0.3 is 0 Å². The summed E-state index contributed by atoms with van der Waals surface area (Å²) in [6.07, 6.45) is -0.499. The van der Waals surface area contributed by atoms with Crippen LogP contribution in [-0.2, 0) is 11.3 Å². The Morgan fingerprint density at radius 3 is 2.61 bits per heavy atom. The summed E-state index contributed by atoms with van der Waals surface area (Å²) >= 11 is 0. The number of nitrogens with zero attached hydrogens (tertiary/aromatic N) is 1. The largest absolute Gasteiger partial charge is 0.454 e. The van der Waals surface area contributed by atoms with Crippen molar-refractivity contribution in [2.45, 2.75) is 12.7 Å². The van der Waals surface area contributed by atoms with Crippen molar-refractivity contribution in [3.63, 3.8) is 0 Å². The molecule has 150 valence electrons. The van der Waals surface area contributed by atoms with Crippen LogP contribution in [0.2, 0.25) is 0 Å². The number of hydrogen-bond donors (Lipinski definition) is 2. The number of ether oxygens (including phenoxy) is 3. The molecule has 0 amide bonds. The second-order valence-corrected chi connectivity index (χ2v) is 7.27. The highest BCUT2D eigenvalue weighted by Gasteiger charge is 2.23. The van der Waals surface area contributed by atoms with Crippen molar-refractivity contribution in [2.75, 3.05) is 51.0 Å². The lowest BCUT2D eigenvalue weighted by Crippen LogP contribution is -3.16. The molecular formula is C21H26FN2O4+. The van der Waals surface area contributed by atoms with E-state index in [9.17, 15) is 9.50 Å². The van der Waals surface area contributed by atoms with Crippen molar-refractivity contribution >= 4 is 5.69 Å². The molecule has 0 radical (unpaired) electrons. The Hall–Kier alpha value is -2.35. The van der Waals surface area contributed by atoms with E-state index in [-0.39, 0.29) is 12.6 Å². The molecule has 0 saturated carbocycles. The van der Waals surface area contributed by atoms with Gasteiger partial charge in [-0.3, -0.25) is 0 Å². The molecule has 0 aromatic heterocycles. The third-order valence-corrected chi connectivity index (χ3v) is 5.20. The average Bonchev–Trinajstić information content (AvgIpc) is 3.17. The molecule has 28 heavy (non-hydrogen) atoms. The first-order valence-electron chi connectivity index (χ1n) is 9.66. The van der Waals surface area contributed by atoms with E-state index >= 15 is 0 Å². The van der Waals surface area contributed by atoms with Gasteiger partial charge in [0.1, 0.15) is 18.5 Å². The highest BCUT2D eigenvalue weighted by atomic mass is 19.1. The number of nitrogens with one attached hydrogen (secondary N) is 1. The molecule has 0 spiro atoms. The molecule has 1 unspecified atom stereocenters. The smallest absolute Gasteiger partial charge is 0.231 e. The highest BCUT2D eigenvalue weighted by molar-refractivity contribution is 5.46. The number of piperazine rings is 1. The number of aliphatic hydroxyl groups is 1. The van der Waals surface area contributed by atoms with Crippen molar-refractivity contribution in [3.8, 4) is 11.5 Å². The number of halogens is 1. The molecule has 4 rings (SSSR count). The van der Waals surface area contributed by atoms with Crippen molar-refractivity contribution in [1.29, 1.82) is 0 Å². The maximum Gasteiger partial charge on any atom is 0.231 e. The molecule has 0 aliphatic carbocycles. The SMILES string of the molecule is OC(COCc1ccc2c(c1)OCO2)C[NH+]1CCN(c2ccc(F)cc2)CC1. The number of anilines is 1. The molecule has 1 atom stereocenters. The minimum atomic E-state index is -0.499. The molecule has 7 heteroatoms. The van der Waals surface area contributed by atoms with E-state index in [0.29, 0.717) is 19.8 Å². The van der Waals surface area contributed by atoms with Crippen LogP contribution in [0.25, 0.3) is 0 Å². The van der Waals surface area contributed by atoms with Crippen LogP contribution < -0.4 is 19.3 Å². The van der Waals surface area contributed by atoms with Crippen LogP contribution in [0, 0.1) is 5.82 Å². The maximum atomic E-state index is 13.1. The molecule has 1 saturated heterocycles. The monoisotopic (exact) mass is 389 g/mol. The fourth-order valence-corrected chi connectivity index (χ4v) is 3.67. The zero-order valence-corrected chi connectivity index (χ0v) is 15.8. The molecule has 2 aliphatic heterocycles. The third kappa shape index (κ3) is 4.73. The van der Waals surface area contributed by atoms with Gasteiger partial charge in [0.05, 0.1) is 39.4 Å². The lowest BCUT2D eigenvalue weighted by molar-refractivity contribution is -0.903. The average molecular weight is 389 g/mol. The van der Waals surface area contributed by atoms with E-state index in [0.717, 1.165) is 48.9 Å². The zero-order chi connectivity index (χ0) is 19.3. The Labute approximate surface area is 164 Å². The first-order chi connectivity index (χ1) is 13.7. The van der Waals surface area contributed by atoms with E-state index in [1.165, 1.54) is 17.0 Å². The van der Waals surface area contributed by atoms with E-state index in [1.807, 2.05) is 30.3 Å². The van der Waals surface area contributed by atoms with Gasteiger partial charge in [0.25, 0.3) is 0 Å². The summed E-state index contributed by atoms with van der Waals surface area (Å²) in [4.78, 5) is 3.61. The van der Waals surface area contributed by atoms with Gasteiger partial charge < -0.3 is 29.1 Å². The van der Waals surface area contributed by atoms with Crippen molar-refractivity contribution in [1.82, 2.24) is 0 Å². The fourth-order valence-electron chi connectivity index (χ4n) is 3.67. The number of fused-ring (bicyclic) bond motifs is 1. The van der Waals surface area contributed by atoms with Gasteiger partial charge in [-0.15, -0.1) is 0 Å². The molecule has 2 aliphatic rings. The number of rotatable bonds is 7. The van der Waals surface area contributed by atoms with Crippen molar-refractivity contribution < 1.29 is 28.6 Å². The predicted molar refractivity (Wildman–Crippen MR) is 102 cm³/mol. The first kappa shape index (κ1) is 19.0. The minimum absolute atomic E-state index is 0.211. The summed E-state index contributed by atoms with van der Waals surface area (Å²) < 4.78 is 29.4. The Bertz CT molecular complexity index is 778. The molecule has 2 aromatic rings. The quantitative estimate of drug-likeness (QED) is 0.735. The third-order valence-electron chi connectivity index (χ3n) is 5.20. The Morgan fingerprint density at radius 2 is 1.82 bits per heavy atom. The lowest BCUT2D eigenvalue weighted by Gasteiger charge is -2.34. The van der Waals surface area contributed by atoms with Gasteiger partial charge in [0.2, 0.25) is 6.79 Å². The minimum Gasteiger partial charge on any atom is -0.454 e. The topological polar surface area (TPSA) is 55.6 Å². The Balaban J connectivity index is 1.16. The first-order valence-corrected chi connectivity index (χ1v) is 9.66. The summed E-state index contributed by atoms with van der Waals surface area (Å²) in [5, 5.41) is 10.3. The van der Waals surface area contributed by atoms with Crippen LogP contribution in [0.5, 0.6) is 11.5 Å². The standard InChI is InChI=1S/C21H25FN2O4/c22-17-2-4-18(5-3-17)24-9-7-23(8-10-24)12-19(25)14-26-13-16-1-6-20-21(11-16)28-15-27-20/h1-6,11,19,25H,7-10,12-15H2/p+1. The predicted octanol–water partition coefficient (Wildman–Crippen LogP) is 0.837. The molecule has 6 nitrogen and oxygen atoms in total. The lowest BCUT2D eigenvalue weighted by atomic mass is 10.2. The highest BCUT2D eigenvalue weighted by Crippen LogP contribution is 2.32. The van der Waals surface area contributed by atoms with Gasteiger partial charge in [-0.1, -0.05) is 6.07 Å². The Kier molecular flexibility index (Phi) is 5.95. The normalized spacial score (nSPS) is 17.7. The van der Waals surface area contributed by atoms with Crippen molar-refractivity contribution in [2.24, 2.45) is 0 Å². The van der Waals surface area contributed by atoms with Crippen LogP contribution >= 0.6 is 0 Å². The van der Waals surface area contributed by atoms with Gasteiger partial charge in [0, 0.05) is 5.69 Å². The van der Waals surface area contributed by atoms with Crippen LogP contribution in [0.4, 0.5) is 10.1 Å². The molecule has 2 aromatic carbocycles. The summed E-state index contributed by atoms with van der Waals surface area (Å²) in [7, 11) is 0. The second-order valence-electron chi connectivity index (χ2n) is 7.27. The molecule has 1 fully saturated rings. The molecule has 2 heterocycles. The zero-order valence-electron chi connectivity index (χ0n) is 15.8. The Morgan fingerprint density at radius 1 is 1.07 bits per heavy atom. The summed E-state index contributed by atoms with van der Waals surface area (Å²) in [6, 6.07) is 12.4. The van der Waals surface area contributed by atoms with E-state index < -0.39 is 6.10 Å². The van der Waals surface area contributed by atoms with Gasteiger partial charge in [-0.25, -0.2) is 4.39 Å². The van der Waals surface area contributed by atoms with Gasteiger partial charge in [-0.05, 0) is 42.0 Å². The van der Waals surface area contributed by atoms with E-state index in [2.05, 4.69) is 4.90 Å². The number of quaternary nitrogens is 1. The number of benzene rings is 2. The van der Waals surface area contributed by atoms with Gasteiger partial charge in [-0.2, -0.15) is 0 Å². The second kappa shape index (κ2) is 8.77. The summed E-state index contributed by atoms with van der Waals surface area (Å²) in [5.74, 6) is 1.29. The summed E-state index contributed by atoms with van der Waals surface area (Å²) in [6.45, 7) is 5.33.